The van der Waals surface area contributed by atoms with Crippen molar-refractivity contribution in [2.24, 2.45) is 10.8 Å². The molecule has 10 heterocycles. The van der Waals surface area contributed by atoms with Gasteiger partial charge in [-0.2, -0.15) is 0 Å². The number of benzene rings is 18. The summed E-state index contributed by atoms with van der Waals surface area (Å²) in [6.45, 7) is 9.79. The summed E-state index contributed by atoms with van der Waals surface area (Å²) in [6, 6.07) is 101. The van der Waals surface area contributed by atoms with Gasteiger partial charge in [0.05, 0.1) is 56.0 Å². The summed E-state index contributed by atoms with van der Waals surface area (Å²) in [4.78, 5) is 36.7. The molecule has 20 aromatic rings. The van der Waals surface area contributed by atoms with E-state index in [4.69, 9.17) is 19.9 Å². The lowest BCUT2D eigenvalue weighted by Crippen LogP contribution is -2.32. The van der Waals surface area contributed by atoms with Crippen molar-refractivity contribution >= 4 is 318 Å². The van der Waals surface area contributed by atoms with Crippen LogP contribution in [0, 0.1) is 10.8 Å². The summed E-state index contributed by atoms with van der Waals surface area (Å²) in [5.74, 6) is 4.74. The minimum absolute atomic E-state index is 0.349. The molecular formula is C128H84N4S16. The Hall–Kier alpha value is -9.24. The third-order valence-corrected chi connectivity index (χ3v) is 54.7. The molecule has 0 spiro atoms. The maximum absolute atomic E-state index is 4.95. The van der Waals surface area contributed by atoms with E-state index in [2.05, 4.69) is 343 Å². The minimum atomic E-state index is 0.349. The van der Waals surface area contributed by atoms with Crippen LogP contribution in [0.2, 0.25) is 0 Å². The first-order valence-corrected chi connectivity index (χ1v) is 63.9. The fourth-order valence-corrected chi connectivity index (χ4v) is 46.6. The molecule has 0 amide bonds. The number of nitrogens with zero attached hydrogens (tertiary/aromatic N) is 4. The zero-order valence-corrected chi connectivity index (χ0v) is 93.3. The van der Waals surface area contributed by atoms with Crippen LogP contribution in [0.25, 0.3) is 130 Å². The van der Waals surface area contributed by atoms with Gasteiger partial charge in [-0.1, -0.05) is 410 Å². The SMILES string of the molecule is C1=CC2CCC1c1cc3cc4c(cc3cc12)SC(=C1Sc2cc3cc5c(cc3cc2S1)C1C=CC5CC1)S4.CC1(C)CC2C=CC1c1cc3cc4c(cc3cc12)S/C(=C1/Sc2cc3cc5c(cc3cc2S1)C1C=CC5CC1(C)C)S4.c1ccc2cc3cc4c(cc3cc2c1)SC(=C1Sc2cc3cc5ccccc5cc3cc2S1)S4.c1ccc2cc3nc4c(nc3cc2c1)SC(=C1Sc2nc3cc5ccccc5cc3nc2S1)S4. The maximum atomic E-state index is 4.95. The summed E-state index contributed by atoms with van der Waals surface area (Å²) in [6.07, 6.45) is 27.5. The highest BCUT2D eigenvalue weighted by Crippen LogP contribution is 2.69. The van der Waals surface area contributed by atoms with E-state index < -0.39 is 0 Å². The van der Waals surface area contributed by atoms with E-state index in [1.54, 1.807) is 91.6 Å². The average molecular weight is 2190 g/mol. The highest BCUT2D eigenvalue weighted by molar-refractivity contribution is 8.33. The molecule has 0 N–H and O–H groups in total. The Morgan fingerprint density at radius 3 is 0.541 bits per heavy atom. The lowest BCUT2D eigenvalue weighted by molar-refractivity contribution is 0.251. The van der Waals surface area contributed by atoms with Gasteiger partial charge in [-0.15, -0.1) is 0 Å². The van der Waals surface area contributed by atoms with E-state index in [1.807, 2.05) is 141 Å². The number of hydrogen-bond donors (Lipinski definition) is 0. The van der Waals surface area contributed by atoms with E-state index in [0.717, 1.165) is 42.2 Å². The van der Waals surface area contributed by atoms with E-state index in [1.165, 1.54) is 239 Å². The van der Waals surface area contributed by atoms with Gasteiger partial charge in [0.2, 0.25) is 0 Å². The van der Waals surface area contributed by atoms with Crippen molar-refractivity contribution in [3.63, 3.8) is 0 Å². The lowest BCUT2D eigenvalue weighted by Gasteiger charge is -2.46. The van der Waals surface area contributed by atoms with Crippen molar-refractivity contribution in [2.45, 2.75) is 192 Å². The van der Waals surface area contributed by atoms with Gasteiger partial charge in [-0.25, -0.2) is 19.9 Å². The van der Waals surface area contributed by atoms with Gasteiger partial charge >= 0.3 is 0 Å². The molecule has 40 rings (SSSR count). The number of fused-ring (bicyclic) bond motifs is 24. The molecule has 712 valence electrons. The zero-order valence-electron chi connectivity index (χ0n) is 80.2. The summed E-state index contributed by atoms with van der Waals surface area (Å²) in [7, 11) is 0. The number of aromatic nitrogens is 4. The van der Waals surface area contributed by atoms with Gasteiger partial charge in [0.15, 0.2) is 0 Å². The molecule has 0 fully saturated rings. The summed E-state index contributed by atoms with van der Waals surface area (Å²) < 4.78 is 11.1. The Balaban J connectivity index is 0.0000000862. The molecule has 0 saturated heterocycles. The molecule has 8 atom stereocenters. The van der Waals surface area contributed by atoms with Crippen LogP contribution in [0.5, 0.6) is 0 Å². The first-order chi connectivity index (χ1) is 72.5. The first-order valence-electron chi connectivity index (χ1n) is 50.8. The van der Waals surface area contributed by atoms with Crippen molar-refractivity contribution in [2.75, 3.05) is 0 Å². The van der Waals surface area contributed by atoms with Gasteiger partial charge in [-0.05, 0) is 323 Å². The van der Waals surface area contributed by atoms with Crippen molar-refractivity contribution in [3.8, 4) is 0 Å². The lowest BCUT2D eigenvalue weighted by atomic mass is 9.58. The molecule has 0 saturated carbocycles. The third-order valence-electron chi connectivity index (χ3n) is 32.8. The Kier molecular flexibility index (Phi) is 21.1. The van der Waals surface area contributed by atoms with E-state index >= 15 is 0 Å². The van der Waals surface area contributed by atoms with Crippen molar-refractivity contribution in [1.29, 1.82) is 0 Å². The average Bonchev–Trinajstić information content (AvgIpc) is 1.71. The van der Waals surface area contributed by atoms with Crippen LogP contribution < -0.4 is 0 Å². The summed E-state index contributed by atoms with van der Waals surface area (Å²) in [5.41, 5.74) is 17.1. The molecule has 12 aliphatic carbocycles. The summed E-state index contributed by atoms with van der Waals surface area (Å²) in [5, 5.41) is 30.5. The molecule has 148 heavy (non-hydrogen) atoms. The van der Waals surface area contributed by atoms with E-state index in [9.17, 15) is 0 Å². The second-order valence-electron chi connectivity index (χ2n) is 42.9. The number of rotatable bonds is 0. The van der Waals surface area contributed by atoms with Gasteiger partial charge < -0.3 is 0 Å². The fraction of sp³-hybridized carbons (Fsp3) is 0.156. The molecule has 20 heteroatoms. The maximum Gasteiger partial charge on any atom is 0.135 e. The normalized spacial score (nSPS) is 22.5. The molecule has 8 aliphatic heterocycles. The minimum Gasteiger partial charge on any atom is -0.237 e. The van der Waals surface area contributed by atoms with Crippen LogP contribution in [0.3, 0.4) is 0 Å². The van der Waals surface area contributed by atoms with Crippen molar-refractivity contribution in [3.05, 3.63) is 394 Å². The highest BCUT2D eigenvalue weighted by Gasteiger charge is 2.46. The number of allylic oxidation sites excluding steroid dienone is 8. The standard InChI is InChI=1S/C38H32S4.C34H24S4.C30H16S4.C26H12N4S4/c1-37(2)17-19-5-7-29(37)27-11-23-15-33-31(13-21(23)9-25(19)27)39-35(41-33)36-40-32-14-22-10-26-20-6-8-30(38(3,4)18-20)28(26)12-24(22)16-34(32)42-36;1-2-18-4-3-17(1)25-9-21-13-29-30(14-22(21)10-26(18)25)36-33(35-29)34-37-31-15-23-11-27-19-5-6-20(8-7-19)28(27)12-24(23)16-32(31)38-34;1-2-6-18-10-22-14-26-25(13-21(22)9-17(18)5-1)31-29(32-26)30-33-27-15-23-11-19-7-3-4-8-20(19)12-24(23)16-28(27)34-30;1-2-6-14-10-18-17(9-13(14)5-1)27-21-22(28-18)32-25(31-21)26-33-23-24(34-26)30-20-12-16-8-4-3-7-15(16)11-19(20)29-23/h5-16,19-20,29-30H,17-18H2,1-4H3;1-2,5-6,9-20H,3-4,7-8H2;1-16H;1-12H/b36-35+;;;. The molecule has 20 aliphatic rings. The topological polar surface area (TPSA) is 51.6 Å². The molecule has 8 bridgehead atoms. The fourth-order valence-electron chi connectivity index (χ4n) is 25.5. The molecule has 2 aromatic heterocycles. The van der Waals surface area contributed by atoms with E-state index in [-0.39, 0.29) is 0 Å². The quantitative estimate of drug-likeness (QED) is 0.107. The Morgan fingerprint density at radius 1 is 0.176 bits per heavy atom. The van der Waals surface area contributed by atoms with Gasteiger partial charge in [0.1, 0.15) is 20.1 Å². The number of hydrogen-bond acceptors (Lipinski definition) is 20. The van der Waals surface area contributed by atoms with Gasteiger partial charge in [0, 0.05) is 106 Å². The van der Waals surface area contributed by atoms with E-state index in [0.29, 0.717) is 58.2 Å². The summed E-state index contributed by atoms with van der Waals surface area (Å²) >= 11 is 30.4. The Labute approximate surface area is 924 Å². The third kappa shape index (κ3) is 15.2. The second-order valence-corrected chi connectivity index (χ2v) is 61.5. The van der Waals surface area contributed by atoms with Crippen LogP contribution in [0.1, 0.15) is 158 Å². The monoisotopic (exact) mass is 2190 g/mol. The molecule has 0 radical (unpaired) electrons. The van der Waals surface area contributed by atoms with Gasteiger partial charge in [-0.3, -0.25) is 0 Å². The van der Waals surface area contributed by atoms with Crippen LogP contribution in [0.15, 0.2) is 428 Å². The van der Waals surface area contributed by atoms with Crippen molar-refractivity contribution < 1.29 is 0 Å². The molecule has 8 unspecified atom stereocenters. The largest absolute Gasteiger partial charge is 0.237 e. The first kappa shape index (κ1) is 90.3. The van der Waals surface area contributed by atoms with Crippen LogP contribution in [-0.2, 0) is 0 Å². The van der Waals surface area contributed by atoms with Gasteiger partial charge in [0.25, 0.3) is 0 Å². The van der Waals surface area contributed by atoms with Crippen LogP contribution >= 0.6 is 188 Å². The van der Waals surface area contributed by atoms with Crippen LogP contribution in [-0.4, -0.2) is 19.9 Å². The second kappa shape index (κ2) is 34.6. The Bertz CT molecular complexity index is 8650. The molecular weight excluding hydrogens is 2110 g/mol. The van der Waals surface area contributed by atoms with Crippen molar-refractivity contribution in [1.82, 2.24) is 19.9 Å². The van der Waals surface area contributed by atoms with Crippen LogP contribution in [0.4, 0.5) is 0 Å². The molecule has 18 aromatic carbocycles. The smallest absolute Gasteiger partial charge is 0.135 e. The Morgan fingerprint density at radius 2 is 0.345 bits per heavy atom. The predicted octanol–water partition coefficient (Wildman–Crippen LogP) is 42.4. The molecule has 4 nitrogen and oxygen atoms in total. The highest BCUT2D eigenvalue weighted by atomic mass is 32.2. The predicted molar refractivity (Wildman–Crippen MR) is 648 cm³/mol. The zero-order chi connectivity index (χ0) is 97.1. The number of thioether (sulfide) groups is 16.